The molecule has 0 aromatic heterocycles. The zero-order valence-electron chi connectivity index (χ0n) is 10.4. The Morgan fingerprint density at radius 1 is 1.40 bits per heavy atom. The van der Waals surface area contributed by atoms with E-state index in [2.05, 4.69) is 10.6 Å². The van der Waals surface area contributed by atoms with Crippen LogP contribution in [0.3, 0.4) is 0 Å². The van der Waals surface area contributed by atoms with Gasteiger partial charge in [0.25, 0.3) is 0 Å². The van der Waals surface area contributed by atoms with Crippen molar-refractivity contribution in [3.05, 3.63) is 0 Å². The number of hydrogen-bond acceptors (Lipinski definition) is 5. The monoisotopic (exact) mass is 218 g/mol. The van der Waals surface area contributed by atoms with Crippen LogP contribution in [0, 0.1) is 0 Å². The molecule has 0 heterocycles. The molecule has 5 heteroatoms. The standard InChI is InChI=1S/C10H26N4O/c1-12-8-6-10(15,13-2)9(5-7-11)14(3)4/h9,12-13,15H,5-8,11H2,1-4H3. The molecule has 0 bridgehead atoms. The number of nitrogens with zero attached hydrogens (tertiary/aromatic N) is 1. The van der Waals surface area contributed by atoms with E-state index in [0.29, 0.717) is 13.0 Å². The third-order valence-electron chi connectivity index (χ3n) is 2.80. The lowest BCUT2D eigenvalue weighted by Crippen LogP contribution is -2.59. The van der Waals surface area contributed by atoms with Crippen LogP contribution in [-0.2, 0) is 0 Å². The quantitative estimate of drug-likeness (QED) is 0.385. The Labute approximate surface area is 93.0 Å². The summed E-state index contributed by atoms with van der Waals surface area (Å²) in [4.78, 5) is 2.01. The molecule has 0 fully saturated rings. The van der Waals surface area contributed by atoms with E-state index in [1.807, 2.05) is 26.0 Å². The average Bonchev–Trinajstić information content (AvgIpc) is 2.22. The number of nitrogens with one attached hydrogen (secondary N) is 2. The van der Waals surface area contributed by atoms with Crippen molar-refractivity contribution < 1.29 is 5.11 Å². The minimum Gasteiger partial charge on any atom is -0.374 e. The summed E-state index contributed by atoms with van der Waals surface area (Å²) < 4.78 is 0. The van der Waals surface area contributed by atoms with Crippen molar-refractivity contribution in [1.29, 1.82) is 0 Å². The van der Waals surface area contributed by atoms with Crippen LogP contribution < -0.4 is 16.4 Å². The van der Waals surface area contributed by atoms with E-state index in [-0.39, 0.29) is 6.04 Å². The van der Waals surface area contributed by atoms with Gasteiger partial charge in [-0.3, -0.25) is 5.32 Å². The summed E-state index contributed by atoms with van der Waals surface area (Å²) in [5.41, 5.74) is 4.68. The van der Waals surface area contributed by atoms with Gasteiger partial charge in [0.1, 0.15) is 5.72 Å². The summed E-state index contributed by atoms with van der Waals surface area (Å²) in [5, 5.41) is 16.5. The summed E-state index contributed by atoms with van der Waals surface area (Å²) >= 11 is 0. The van der Waals surface area contributed by atoms with Crippen LogP contribution in [-0.4, -0.2) is 63.1 Å². The lowest BCUT2D eigenvalue weighted by atomic mass is 9.96. The molecule has 0 saturated heterocycles. The van der Waals surface area contributed by atoms with Crippen molar-refractivity contribution in [3.8, 4) is 0 Å². The second-order valence-corrected chi connectivity index (χ2v) is 4.08. The second kappa shape index (κ2) is 7.14. The van der Waals surface area contributed by atoms with Gasteiger partial charge in [0.05, 0.1) is 6.04 Å². The SMILES string of the molecule is CNCCC(O)(NC)C(CCN)N(C)C. The van der Waals surface area contributed by atoms with Crippen molar-refractivity contribution in [2.75, 3.05) is 41.3 Å². The van der Waals surface area contributed by atoms with Crippen LogP contribution >= 0.6 is 0 Å². The molecule has 5 nitrogen and oxygen atoms in total. The van der Waals surface area contributed by atoms with Crippen molar-refractivity contribution in [1.82, 2.24) is 15.5 Å². The number of hydrogen-bond donors (Lipinski definition) is 4. The largest absolute Gasteiger partial charge is 0.374 e. The van der Waals surface area contributed by atoms with Gasteiger partial charge in [-0.2, -0.15) is 0 Å². The second-order valence-electron chi connectivity index (χ2n) is 4.08. The van der Waals surface area contributed by atoms with Crippen LogP contribution in [0.5, 0.6) is 0 Å². The average molecular weight is 218 g/mol. The molecule has 0 rings (SSSR count). The van der Waals surface area contributed by atoms with Gasteiger partial charge < -0.3 is 21.1 Å². The summed E-state index contributed by atoms with van der Waals surface area (Å²) in [7, 11) is 7.58. The van der Waals surface area contributed by atoms with E-state index in [9.17, 15) is 5.11 Å². The van der Waals surface area contributed by atoms with E-state index in [1.165, 1.54) is 0 Å². The highest BCUT2D eigenvalue weighted by Crippen LogP contribution is 2.17. The molecule has 2 unspecified atom stereocenters. The maximum atomic E-state index is 10.5. The van der Waals surface area contributed by atoms with Gasteiger partial charge in [0.2, 0.25) is 0 Å². The Balaban J connectivity index is 4.53. The van der Waals surface area contributed by atoms with Crippen LogP contribution in [0.2, 0.25) is 0 Å². The molecule has 0 spiro atoms. The van der Waals surface area contributed by atoms with Gasteiger partial charge in [-0.05, 0) is 47.7 Å². The fraction of sp³-hybridized carbons (Fsp3) is 1.00. The van der Waals surface area contributed by atoms with Crippen molar-refractivity contribution in [3.63, 3.8) is 0 Å². The number of nitrogens with two attached hydrogens (primary N) is 1. The zero-order valence-corrected chi connectivity index (χ0v) is 10.4. The maximum Gasteiger partial charge on any atom is 0.132 e. The Morgan fingerprint density at radius 3 is 2.33 bits per heavy atom. The fourth-order valence-electron chi connectivity index (χ4n) is 1.86. The van der Waals surface area contributed by atoms with E-state index in [1.54, 1.807) is 7.05 Å². The first-order valence-electron chi connectivity index (χ1n) is 5.44. The topological polar surface area (TPSA) is 73.5 Å². The van der Waals surface area contributed by atoms with E-state index < -0.39 is 5.72 Å². The molecule has 0 aliphatic carbocycles. The van der Waals surface area contributed by atoms with Gasteiger partial charge in [0, 0.05) is 6.42 Å². The first kappa shape index (κ1) is 14.8. The highest BCUT2D eigenvalue weighted by atomic mass is 16.3. The number of aliphatic hydroxyl groups is 1. The summed E-state index contributed by atoms with van der Waals surface area (Å²) in [6.45, 7) is 1.35. The molecule has 0 radical (unpaired) electrons. The third-order valence-corrected chi connectivity index (χ3v) is 2.80. The Bertz CT molecular complexity index is 166. The van der Waals surface area contributed by atoms with Crippen molar-refractivity contribution >= 4 is 0 Å². The van der Waals surface area contributed by atoms with Gasteiger partial charge in [-0.25, -0.2) is 0 Å². The molecule has 0 aromatic carbocycles. The molecule has 0 aliphatic heterocycles. The molecule has 2 atom stereocenters. The Kier molecular flexibility index (Phi) is 7.04. The van der Waals surface area contributed by atoms with E-state index in [0.717, 1.165) is 13.0 Å². The normalized spacial score (nSPS) is 17.8. The van der Waals surface area contributed by atoms with Crippen LogP contribution in [0.25, 0.3) is 0 Å². The molecule has 0 saturated carbocycles. The molecular formula is C10H26N4O. The van der Waals surface area contributed by atoms with Crippen LogP contribution in [0.15, 0.2) is 0 Å². The minimum absolute atomic E-state index is 0.0286. The van der Waals surface area contributed by atoms with Gasteiger partial charge in [-0.15, -0.1) is 0 Å². The summed E-state index contributed by atoms with van der Waals surface area (Å²) in [5.74, 6) is 0. The highest BCUT2D eigenvalue weighted by molar-refractivity contribution is 4.89. The van der Waals surface area contributed by atoms with Gasteiger partial charge >= 0.3 is 0 Å². The predicted octanol–water partition coefficient (Wildman–Crippen LogP) is -1.22. The molecule has 92 valence electrons. The molecule has 5 N–H and O–H groups in total. The van der Waals surface area contributed by atoms with Gasteiger partial charge in [-0.1, -0.05) is 0 Å². The lowest BCUT2D eigenvalue weighted by molar-refractivity contribution is -0.0634. The Hall–Kier alpha value is -0.200. The first-order chi connectivity index (χ1) is 7.01. The third kappa shape index (κ3) is 4.44. The van der Waals surface area contributed by atoms with E-state index >= 15 is 0 Å². The Morgan fingerprint density at radius 2 is 2.00 bits per heavy atom. The van der Waals surface area contributed by atoms with E-state index in [4.69, 9.17) is 5.73 Å². The maximum absolute atomic E-state index is 10.5. The smallest absolute Gasteiger partial charge is 0.132 e. The lowest BCUT2D eigenvalue weighted by Gasteiger charge is -2.40. The number of rotatable bonds is 8. The molecule has 0 aliphatic rings. The van der Waals surface area contributed by atoms with Gasteiger partial charge in [0.15, 0.2) is 0 Å². The minimum atomic E-state index is -0.883. The molecule has 15 heavy (non-hydrogen) atoms. The van der Waals surface area contributed by atoms with Crippen LogP contribution in [0.4, 0.5) is 0 Å². The fourth-order valence-corrected chi connectivity index (χ4v) is 1.86. The number of likely N-dealkylation sites (N-methyl/N-ethyl adjacent to an activating group) is 2. The van der Waals surface area contributed by atoms with Crippen molar-refractivity contribution in [2.45, 2.75) is 24.6 Å². The predicted molar refractivity (Wildman–Crippen MR) is 63.7 cm³/mol. The zero-order chi connectivity index (χ0) is 11.9. The summed E-state index contributed by atoms with van der Waals surface area (Å²) in [6, 6.07) is 0.0286. The van der Waals surface area contributed by atoms with Crippen molar-refractivity contribution in [2.24, 2.45) is 5.73 Å². The highest BCUT2D eigenvalue weighted by Gasteiger charge is 2.35. The first-order valence-corrected chi connectivity index (χ1v) is 5.44. The molecular weight excluding hydrogens is 192 g/mol. The molecule has 0 amide bonds. The molecule has 0 aromatic rings. The van der Waals surface area contributed by atoms with Crippen LogP contribution in [0.1, 0.15) is 12.8 Å². The summed E-state index contributed by atoms with van der Waals surface area (Å²) in [6.07, 6.45) is 1.43.